The number of allylic oxidation sites excluding steroid dienone is 4. The van der Waals surface area contributed by atoms with Crippen molar-refractivity contribution in [1.82, 2.24) is 4.90 Å². The van der Waals surface area contributed by atoms with Crippen molar-refractivity contribution in [2.45, 2.75) is 72.1 Å². The molecule has 0 bridgehead atoms. The van der Waals surface area contributed by atoms with Gasteiger partial charge in [0.1, 0.15) is 0 Å². The van der Waals surface area contributed by atoms with Gasteiger partial charge in [-0.25, -0.2) is 0 Å². The van der Waals surface area contributed by atoms with Gasteiger partial charge in [0.25, 0.3) is 0 Å². The Morgan fingerprint density at radius 3 is 2.57 bits per heavy atom. The Balaban J connectivity index is 1.63. The fourth-order valence-electron chi connectivity index (χ4n) is 4.57. The molecule has 21 heavy (non-hydrogen) atoms. The summed E-state index contributed by atoms with van der Waals surface area (Å²) in [6.45, 7) is 11.1. The summed E-state index contributed by atoms with van der Waals surface area (Å²) in [5, 5.41) is 0. The van der Waals surface area contributed by atoms with Crippen molar-refractivity contribution in [1.29, 1.82) is 0 Å². The first kappa shape index (κ1) is 15.3. The van der Waals surface area contributed by atoms with E-state index in [0.29, 0.717) is 10.8 Å². The summed E-state index contributed by atoms with van der Waals surface area (Å²) in [5.74, 6) is 0. The van der Waals surface area contributed by atoms with Crippen LogP contribution in [-0.4, -0.2) is 24.5 Å². The van der Waals surface area contributed by atoms with Crippen molar-refractivity contribution in [3.63, 3.8) is 0 Å². The van der Waals surface area contributed by atoms with Crippen LogP contribution < -0.4 is 0 Å². The zero-order valence-corrected chi connectivity index (χ0v) is 14.4. The Bertz CT molecular complexity index is 427. The molecule has 0 aromatic carbocycles. The Hall–Kier alpha value is -0.560. The zero-order valence-electron chi connectivity index (χ0n) is 14.4. The minimum Gasteiger partial charge on any atom is -0.303 e. The zero-order chi connectivity index (χ0) is 14.9. The number of hydrogen-bond acceptors (Lipinski definition) is 1. The van der Waals surface area contributed by atoms with Crippen LogP contribution in [0.4, 0.5) is 0 Å². The highest BCUT2D eigenvalue weighted by Crippen LogP contribution is 2.51. The van der Waals surface area contributed by atoms with Crippen LogP contribution in [0.3, 0.4) is 0 Å². The van der Waals surface area contributed by atoms with Crippen LogP contribution in [0.15, 0.2) is 23.3 Å². The average Bonchev–Trinajstić information content (AvgIpc) is 2.47. The van der Waals surface area contributed by atoms with Gasteiger partial charge in [0, 0.05) is 0 Å². The molecule has 0 saturated carbocycles. The van der Waals surface area contributed by atoms with Crippen LogP contribution >= 0.6 is 0 Å². The first-order valence-corrected chi connectivity index (χ1v) is 9.10. The number of hydrogen-bond donors (Lipinski definition) is 0. The summed E-state index contributed by atoms with van der Waals surface area (Å²) in [6.07, 6.45) is 15.9. The maximum atomic E-state index is 2.73. The monoisotopic (exact) mass is 287 g/mol. The third-order valence-corrected chi connectivity index (χ3v) is 6.00. The molecule has 0 atom stereocenters. The van der Waals surface area contributed by atoms with Crippen LogP contribution in [-0.2, 0) is 0 Å². The van der Waals surface area contributed by atoms with Crippen LogP contribution in [0.2, 0.25) is 0 Å². The Morgan fingerprint density at radius 1 is 1.10 bits per heavy atom. The molecular weight excluding hydrogens is 254 g/mol. The van der Waals surface area contributed by atoms with Gasteiger partial charge in [-0.2, -0.15) is 0 Å². The smallest absolute Gasteiger partial charge is 0.00103 e. The lowest BCUT2D eigenvalue weighted by Crippen LogP contribution is -2.43. The van der Waals surface area contributed by atoms with Gasteiger partial charge >= 0.3 is 0 Å². The van der Waals surface area contributed by atoms with Crippen LogP contribution in [0.5, 0.6) is 0 Å². The fourth-order valence-corrected chi connectivity index (χ4v) is 4.57. The largest absolute Gasteiger partial charge is 0.303 e. The third kappa shape index (κ3) is 3.44. The SMILES string of the molecule is CC(C)(C)CCN1CCC2(CCCC3=C2CCC=C3)CC1. The van der Waals surface area contributed by atoms with Gasteiger partial charge in [0.05, 0.1) is 0 Å². The van der Waals surface area contributed by atoms with E-state index in [2.05, 4.69) is 37.8 Å². The van der Waals surface area contributed by atoms with Gasteiger partial charge in [-0.3, -0.25) is 0 Å². The van der Waals surface area contributed by atoms with Gasteiger partial charge < -0.3 is 4.90 Å². The van der Waals surface area contributed by atoms with E-state index in [0.717, 1.165) is 0 Å². The number of rotatable bonds is 2. The Morgan fingerprint density at radius 2 is 1.86 bits per heavy atom. The quantitative estimate of drug-likeness (QED) is 0.663. The van der Waals surface area contributed by atoms with E-state index < -0.39 is 0 Å². The molecular formula is C20H33N. The normalized spacial score (nSPS) is 26.2. The van der Waals surface area contributed by atoms with E-state index in [4.69, 9.17) is 0 Å². The average molecular weight is 287 g/mol. The summed E-state index contributed by atoms with van der Waals surface area (Å²) in [6, 6.07) is 0. The first-order chi connectivity index (χ1) is 9.99. The molecule has 0 amide bonds. The molecule has 3 aliphatic rings. The van der Waals surface area contributed by atoms with E-state index in [-0.39, 0.29) is 0 Å². The summed E-state index contributed by atoms with van der Waals surface area (Å²) >= 11 is 0. The van der Waals surface area contributed by atoms with Crippen LogP contribution in [0, 0.1) is 10.8 Å². The molecule has 1 spiro atoms. The second-order valence-corrected chi connectivity index (χ2v) is 8.73. The number of fused-ring (bicyclic) bond motifs is 1. The number of likely N-dealkylation sites (tertiary alicyclic amines) is 1. The Labute approximate surface area is 131 Å². The molecule has 1 fully saturated rings. The van der Waals surface area contributed by atoms with E-state index in [1.807, 2.05) is 5.57 Å². The van der Waals surface area contributed by atoms with Crippen molar-refractivity contribution >= 4 is 0 Å². The van der Waals surface area contributed by atoms with E-state index >= 15 is 0 Å². The lowest BCUT2D eigenvalue weighted by atomic mass is 9.62. The molecule has 0 radical (unpaired) electrons. The molecule has 0 aromatic rings. The van der Waals surface area contributed by atoms with Crippen molar-refractivity contribution in [3.8, 4) is 0 Å². The standard InChI is InChI=1S/C20H33N/c1-19(2,3)11-14-21-15-12-20(13-16-21)10-6-8-17-7-4-5-9-18(17)20/h4,7H,5-6,8-16H2,1-3H3. The summed E-state index contributed by atoms with van der Waals surface area (Å²) < 4.78 is 0. The van der Waals surface area contributed by atoms with Crippen molar-refractivity contribution in [3.05, 3.63) is 23.3 Å². The predicted molar refractivity (Wildman–Crippen MR) is 91.4 cm³/mol. The fraction of sp³-hybridized carbons (Fsp3) is 0.800. The minimum atomic E-state index is 0.476. The van der Waals surface area contributed by atoms with Gasteiger partial charge in [0.2, 0.25) is 0 Å². The molecule has 3 rings (SSSR count). The molecule has 1 heterocycles. The minimum absolute atomic E-state index is 0.476. The second kappa shape index (κ2) is 5.91. The molecule has 2 aliphatic carbocycles. The van der Waals surface area contributed by atoms with Crippen molar-refractivity contribution < 1.29 is 0 Å². The molecule has 0 aromatic heterocycles. The summed E-state index contributed by atoms with van der Waals surface area (Å²) in [4.78, 5) is 2.73. The maximum Gasteiger partial charge on any atom is -0.00103 e. The molecule has 118 valence electrons. The molecule has 1 heteroatoms. The van der Waals surface area contributed by atoms with E-state index in [1.54, 1.807) is 5.57 Å². The molecule has 0 N–H and O–H groups in total. The first-order valence-electron chi connectivity index (χ1n) is 9.10. The highest BCUT2D eigenvalue weighted by atomic mass is 15.1. The highest BCUT2D eigenvalue weighted by molar-refractivity contribution is 5.36. The maximum absolute atomic E-state index is 2.73. The van der Waals surface area contributed by atoms with Gasteiger partial charge in [-0.15, -0.1) is 0 Å². The van der Waals surface area contributed by atoms with Crippen LogP contribution in [0.1, 0.15) is 72.1 Å². The highest BCUT2D eigenvalue weighted by Gasteiger charge is 2.40. The molecule has 1 nitrogen and oxygen atoms in total. The van der Waals surface area contributed by atoms with Crippen molar-refractivity contribution in [2.24, 2.45) is 10.8 Å². The van der Waals surface area contributed by atoms with Crippen LogP contribution in [0.25, 0.3) is 0 Å². The molecule has 1 saturated heterocycles. The topological polar surface area (TPSA) is 3.24 Å². The Kier molecular flexibility index (Phi) is 4.32. The molecule has 1 aliphatic heterocycles. The van der Waals surface area contributed by atoms with E-state index in [9.17, 15) is 0 Å². The second-order valence-electron chi connectivity index (χ2n) is 8.73. The lowest BCUT2D eigenvalue weighted by Gasteiger charge is -2.47. The van der Waals surface area contributed by atoms with Gasteiger partial charge in [-0.05, 0) is 87.4 Å². The predicted octanol–water partition coefficient (Wildman–Crippen LogP) is 5.34. The number of piperidine rings is 1. The van der Waals surface area contributed by atoms with Gasteiger partial charge in [-0.1, -0.05) is 38.5 Å². The van der Waals surface area contributed by atoms with Crippen molar-refractivity contribution in [2.75, 3.05) is 19.6 Å². The van der Waals surface area contributed by atoms with Gasteiger partial charge in [0.15, 0.2) is 0 Å². The third-order valence-electron chi connectivity index (χ3n) is 6.00. The molecule has 0 unspecified atom stereocenters. The van der Waals surface area contributed by atoms with E-state index in [1.165, 1.54) is 71.0 Å². The summed E-state index contributed by atoms with van der Waals surface area (Å²) in [7, 11) is 0. The summed E-state index contributed by atoms with van der Waals surface area (Å²) in [5.41, 5.74) is 4.66. The lowest BCUT2D eigenvalue weighted by molar-refractivity contribution is 0.104. The number of nitrogens with zero attached hydrogens (tertiary/aromatic N) is 1.